The third-order valence-electron chi connectivity index (χ3n) is 25.3. The van der Waals surface area contributed by atoms with Crippen LogP contribution in [0.4, 0.5) is 39.8 Å². The summed E-state index contributed by atoms with van der Waals surface area (Å²) < 4.78 is 0. The van der Waals surface area contributed by atoms with Crippen molar-refractivity contribution in [2.75, 3.05) is 40.1 Å². The third-order valence-corrected chi connectivity index (χ3v) is 25.3. The van der Waals surface area contributed by atoms with E-state index in [0.717, 1.165) is 38.9 Å². The standard InChI is InChI=1S/7C13H13N3O3/c7*14-9-3-1-2-7-8(9)6-16(13(7)19)10-4-5-11(17)15-12(10)18/h7*1-3,10H,4-6,14H2,(H,15,17,18). The third kappa shape index (κ3) is 18.4. The zero-order valence-corrected chi connectivity index (χ0v) is 71.3. The second kappa shape index (κ2) is 37.6. The lowest BCUT2D eigenvalue weighted by Crippen LogP contribution is -2.52. The van der Waals surface area contributed by atoms with Crippen molar-refractivity contribution in [2.24, 2.45) is 0 Å². The van der Waals surface area contributed by atoms with E-state index in [1.807, 2.05) is 0 Å². The van der Waals surface area contributed by atoms with Crippen molar-refractivity contribution in [3.8, 4) is 0 Å². The van der Waals surface area contributed by atoms with Crippen LogP contribution in [0.5, 0.6) is 0 Å². The van der Waals surface area contributed by atoms with Crippen molar-refractivity contribution in [1.29, 1.82) is 0 Å². The van der Waals surface area contributed by atoms with Gasteiger partial charge in [-0.2, -0.15) is 0 Å². The molecule has 0 aliphatic carbocycles. The number of nitrogen functional groups attached to an aromatic ring is 7. The Morgan fingerprint density at radius 3 is 0.391 bits per heavy atom. The molecular formula is C91H91N21O21. The van der Waals surface area contributed by atoms with E-state index in [4.69, 9.17) is 40.1 Å². The molecule has 21 amide bonds. The molecule has 14 aliphatic rings. The molecule has 686 valence electrons. The van der Waals surface area contributed by atoms with Gasteiger partial charge in [-0.3, -0.25) is 138 Å². The fraction of sp³-hybridized carbons (Fsp3) is 0.308. The number of hydrogen-bond acceptors (Lipinski definition) is 28. The minimum Gasteiger partial charge on any atom is -0.398 e. The van der Waals surface area contributed by atoms with Gasteiger partial charge in [-0.1, -0.05) is 42.5 Å². The first-order valence-corrected chi connectivity index (χ1v) is 42.7. The van der Waals surface area contributed by atoms with E-state index in [1.165, 1.54) is 34.3 Å². The molecule has 21 N–H and O–H groups in total. The number of fused-ring (bicyclic) bond motifs is 7. The molecule has 0 saturated carbocycles. The quantitative estimate of drug-likeness (QED) is 0.0749. The zero-order chi connectivity index (χ0) is 95.0. The van der Waals surface area contributed by atoms with Crippen molar-refractivity contribution < 1.29 is 101 Å². The molecule has 7 aromatic carbocycles. The maximum atomic E-state index is 12.3. The number of nitrogens with one attached hydrogen (secondary N) is 7. The van der Waals surface area contributed by atoms with E-state index in [9.17, 15) is 101 Å². The molecule has 42 nitrogen and oxygen atoms in total. The summed E-state index contributed by atoms with van der Waals surface area (Å²) in [6.45, 7) is 2.29. The van der Waals surface area contributed by atoms with Crippen LogP contribution in [0.15, 0.2) is 127 Å². The molecule has 0 aromatic heterocycles. The fourth-order valence-corrected chi connectivity index (χ4v) is 18.3. The summed E-state index contributed by atoms with van der Waals surface area (Å²) in [7, 11) is 0. The van der Waals surface area contributed by atoms with Crippen LogP contribution in [0.3, 0.4) is 0 Å². The number of amides is 21. The highest BCUT2D eigenvalue weighted by atomic mass is 16.2. The lowest BCUT2D eigenvalue weighted by Gasteiger charge is -2.29. The van der Waals surface area contributed by atoms with Crippen molar-refractivity contribution in [2.45, 2.75) is 178 Å². The summed E-state index contributed by atoms with van der Waals surface area (Å²) in [6.07, 6.45) is 4.35. The summed E-state index contributed by atoms with van der Waals surface area (Å²) in [6, 6.07) is 32.1. The van der Waals surface area contributed by atoms with Crippen LogP contribution < -0.4 is 77.4 Å². The predicted molar refractivity (Wildman–Crippen MR) is 468 cm³/mol. The Hall–Kier alpha value is -16.6. The van der Waals surface area contributed by atoms with Gasteiger partial charge in [-0.05, 0) is 130 Å². The van der Waals surface area contributed by atoms with Crippen molar-refractivity contribution >= 4 is 164 Å². The van der Waals surface area contributed by atoms with Crippen LogP contribution in [0.25, 0.3) is 0 Å². The van der Waals surface area contributed by atoms with E-state index in [0.29, 0.717) is 170 Å². The first-order chi connectivity index (χ1) is 63.5. The number of rotatable bonds is 7. The molecule has 7 fully saturated rings. The molecular weight excluding hydrogens is 1720 g/mol. The molecule has 0 bridgehead atoms. The lowest BCUT2D eigenvalue weighted by molar-refractivity contribution is -0.138. The Labute approximate surface area is 756 Å². The van der Waals surface area contributed by atoms with E-state index in [-0.39, 0.29) is 128 Å². The smallest absolute Gasteiger partial charge is 0.255 e. The maximum Gasteiger partial charge on any atom is 0.255 e. The monoisotopic (exact) mass is 1810 g/mol. The van der Waals surface area contributed by atoms with E-state index in [1.54, 1.807) is 127 Å². The van der Waals surface area contributed by atoms with Crippen LogP contribution in [0, 0.1) is 0 Å². The SMILES string of the molecule is Nc1cccc2c1CN(C1CCC(=O)NC1=O)C2=O.Nc1cccc2c1CN(C1CCC(=O)NC1=O)C2=O.Nc1cccc2c1CN(C1CCC(=O)NC1=O)C2=O.Nc1cccc2c1CN(C1CCC(=O)NC1=O)C2=O.Nc1cccc2c1CN(C1CCC(=O)NC1=O)C2=O.Nc1cccc2c1CN(C1CCC(=O)NC1=O)C2=O.Nc1cccc2c1CN(C1CCC(=O)NC1=O)C2=O. The van der Waals surface area contributed by atoms with Crippen LogP contribution in [0.1, 0.15) is 201 Å². The minimum atomic E-state index is -0.586. The van der Waals surface area contributed by atoms with E-state index < -0.39 is 83.6 Å². The number of benzene rings is 7. The average molecular weight is 1810 g/mol. The van der Waals surface area contributed by atoms with Crippen LogP contribution >= 0.6 is 0 Å². The van der Waals surface area contributed by atoms with Gasteiger partial charge in [0.25, 0.3) is 41.4 Å². The molecule has 14 heterocycles. The van der Waals surface area contributed by atoms with Gasteiger partial charge in [0.1, 0.15) is 42.3 Å². The summed E-state index contributed by atoms with van der Waals surface area (Å²) >= 11 is 0. The van der Waals surface area contributed by atoms with Gasteiger partial charge in [0.15, 0.2) is 0 Å². The Bertz CT molecular complexity index is 5210. The lowest BCUT2D eigenvalue weighted by atomic mass is 10.0. The van der Waals surface area contributed by atoms with E-state index >= 15 is 0 Å². The molecule has 7 unspecified atom stereocenters. The fourth-order valence-electron chi connectivity index (χ4n) is 18.3. The maximum absolute atomic E-state index is 12.3. The van der Waals surface area contributed by atoms with Gasteiger partial charge in [0, 0.05) is 208 Å². The van der Waals surface area contributed by atoms with Crippen molar-refractivity contribution in [1.82, 2.24) is 71.5 Å². The zero-order valence-electron chi connectivity index (χ0n) is 71.3. The number of nitrogens with two attached hydrogens (primary N) is 7. The number of hydrogen-bond donors (Lipinski definition) is 14. The molecule has 42 heteroatoms. The number of carbonyl (C=O) groups excluding carboxylic acids is 21. The first kappa shape index (κ1) is 91.2. The highest BCUT2D eigenvalue weighted by molar-refractivity contribution is 6.13. The van der Waals surface area contributed by atoms with Gasteiger partial charge in [0.05, 0.1) is 0 Å². The van der Waals surface area contributed by atoms with Crippen molar-refractivity contribution in [3.63, 3.8) is 0 Å². The summed E-state index contributed by atoms with van der Waals surface area (Å²) in [5, 5.41) is 15.9. The van der Waals surface area contributed by atoms with E-state index in [2.05, 4.69) is 37.2 Å². The van der Waals surface area contributed by atoms with Crippen LogP contribution in [-0.2, 0) is 113 Å². The average Bonchev–Trinajstić information content (AvgIpc) is 1.67. The molecule has 14 aliphatic heterocycles. The Balaban J connectivity index is 0.000000118. The predicted octanol–water partition coefficient (Wildman–Crippen LogP) is 0.209. The largest absolute Gasteiger partial charge is 0.398 e. The first-order valence-electron chi connectivity index (χ1n) is 42.7. The van der Waals surface area contributed by atoms with Gasteiger partial charge in [-0.15, -0.1) is 0 Å². The Morgan fingerprint density at radius 2 is 0.293 bits per heavy atom. The van der Waals surface area contributed by atoms with Crippen LogP contribution in [0.2, 0.25) is 0 Å². The van der Waals surface area contributed by atoms with Gasteiger partial charge < -0.3 is 74.4 Å². The van der Waals surface area contributed by atoms with Crippen LogP contribution in [-0.4, -0.2) is 201 Å². The molecule has 0 spiro atoms. The molecule has 7 atom stereocenters. The van der Waals surface area contributed by atoms with Crippen molar-refractivity contribution in [3.05, 3.63) is 205 Å². The second-order valence-corrected chi connectivity index (χ2v) is 33.4. The molecule has 21 rings (SSSR count). The summed E-state index contributed by atoms with van der Waals surface area (Å²) in [4.78, 5) is 257. The molecule has 7 aromatic rings. The number of carbonyl (C=O) groups is 21. The van der Waals surface area contributed by atoms with Gasteiger partial charge >= 0.3 is 0 Å². The highest BCUT2D eigenvalue weighted by Gasteiger charge is 2.48. The molecule has 7 saturated heterocycles. The molecule has 133 heavy (non-hydrogen) atoms. The van der Waals surface area contributed by atoms with Gasteiger partial charge in [-0.25, -0.2) is 0 Å². The molecule has 0 radical (unpaired) electrons. The summed E-state index contributed by atoms with van der Waals surface area (Å²) in [5.41, 5.74) is 54.0. The Morgan fingerprint density at radius 1 is 0.180 bits per heavy atom. The highest BCUT2D eigenvalue weighted by Crippen LogP contribution is 2.39. The summed E-state index contributed by atoms with van der Waals surface area (Å²) in [5.74, 6) is -6.24. The number of piperidine rings is 7. The topological polar surface area (TPSA) is 648 Å². The van der Waals surface area contributed by atoms with Gasteiger partial charge in [0.2, 0.25) is 82.7 Å². The number of nitrogens with zero attached hydrogens (tertiary/aromatic N) is 7. The number of imide groups is 7. The number of anilines is 7. The minimum absolute atomic E-state index is 0.197. The Kier molecular flexibility index (Phi) is 25.8. The second-order valence-electron chi connectivity index (χ2n) is 33.4. The normalized spacial score (nSPS) is 22.4.